The second kappa shape index (κ2) is 4.18. The van der Waals surface area contributed by atoms with E-state index in [1.807, 2.05) is 19.1 Å². The molecule has 2 rings (SSSR count). The molecule has 0 aliphatic carbocycles. The van der Waals surface area contributed by atoms with Gasteiger partial charge in [-0.25, -0.2) is 0 Å². The van der Waals surface area contributed by atoms with E-state index in [2.05, 4.69) is 23.2 Å². The van der Waals surface area contributed by atoms with E-state index >= 15 is 0 Å². The monoisotopic (exact) mass is 236 g/mol. The highest BCUT2D eigenvalue weighted by Crippen LogP contribution is 2.35. The maximum absolute atomic E-state index is 5.94. The van der Waals surface area contributed by atoms with E-state index in [0.29, 0.717) is 10.9 Å². The van der Waals surface area contributed by atoms with Crippen molar-refractivity contribution in [3.63, 3.8) is 0 Å². The van der Waals surface area contributed by atoms with E-state index in [1.165, 1.54) is 5.56 Å². The number of aromatic nitrogens is 2. The molecular formula is C12H13ClN2O. The zero-order chi connectivity index (χ0) is 11.7. The molecule has 0 unspecified atom stereocenters. The average Bonchev–Trinajstić information content (AvgIpc) is 2.59. The van der Waals surface area contributed by atoms with Crippen LogP contribution >= 0.6 is 11.6 Å². The van der Waals surface area contributed by atoms with Gasteiger partial charge in [0.2, 0.25) is 0 Å². The molecule has 0 saturated carbocycles. The number of hydrogen-bond acceptors (Lipinski definition) is 2. The minimum atomic E-state index is 0.428. The van der Waals surface area contributed by atoms with Crippen molar-refractivity contribution < 1.29 is 4.74 Å². The Morgan fingerprint density at radius 2 is 2.06 bits per heavy atom. The van der Waals surface area contributed by atoms with Crippen LogP contribution in [0.15, 0.2) is 18.2 Å². The van der Waals surface area contributed by atoms with Gasteiger partial charge in [-0.2, -0.15) is 5.10 Å². The minimum absolute atomic E-state index is 0.428. The summed E-state index contributed by atoms with van der Waals surface area (Å²) in [6, 6.07) is 6.18. The third-order valence-corrected chi connectivity index (χ3v) is 2.78. The van der Waals surface area contributed by atoms with Crippen molar-refractivity contribution in [1.82, 2.24) is 10.2 Å². The van der Waals surface area contributed by atoms with Crippen LogP contribution in [-0.4, -0.2) is 17.3 Å². The Hall–Kier alpha value is -1.48. The van der Waals surface area contributed by atoms with Crippen molar-refractivity contribution >= 4 is 11.6 Å². The molecule has 0 atom stereocenters. The quantitative estimate of drug-likeness (QED) is 0.868. The average molecular weight is 237 g/mol. The SMILES string of the molecule is COc1c(-c2ccc(C)cc2C)n[nH]c1Cl. The number of halogens is 1. The molecule has 0 radical (unpaired) electrons. The summed E-state index contributed by atoms with van der Waals surface area (Å²) in [6.45, 7) is 4.11. The molecule has 0 saturated heterocycles. The van der Waals surface area contributed by atoms with Gasteiger partial charge >= 0.3 is 0 Å². The van der Waals surface area contributed by atoms with Crippen molar-refractivity contribution in [2.75, 3.05) is 7.11 Å². The Morgan fingerprint density at radius 1 is 1.31 bits per heavy atom. The van der Waals surface area contributed by atoms with Crippen molar-refractivity contribution in [3.8, 4) is 17.0 Å². The van der Waals surface area contributed by atoms with Crippen LogP contribution in [0.3, 0.4) is 0 Å². The molecule has 0 bridgehead atoms. The summed E-state index contributed by atoms with van der Waals surface area (Å²) in [5.41, 5.74) is 4.17. The van der Waals surface area contributed by atoms with Crippen LogP contribution in [0.25, 0.3) is 11.3 Å². The third-order valence-electron chi connectivity index (χ3n) is 2.52. The van der Waals surface area contributed by atoms with Crippen LogP contribution in [-0.2, 0) is 0 Å². The molecule has 1 heterocycles. The molecule has 1 N–H and O–H groups in total. The van der Waals surface area contributed by atoms with E-state index in [1.54, 1.807) is 7.11 Å². The van der Waals surface area contributed by atoms with Gasteiger partial charge in [-0.3, -0.25) is 5.10 Å². The predicted molar refractivity (Wildman–Crippen MR) is 65.1 cm³/mol. The number of nitrogens with zero attached hydrogens (tertiary/aromatic N) is 1. The molecule has 0 amide bonds. The fraction of sp³-hybridized carbons (Fsp3) is 0.250. The summed E-state index contributed by atoms with van der Waals surface area (Å²) >= 11 is 5.94. The van der Waals surface area contributed by atoms with Crippen molar-refractivity contribution in [2.24, 2.45) is 0 Å². The summed E-state index contributed by atoms with van der Waals surface area (Å²) in [6.07, 6.45) is 0. The molecule has 4 heteroatoms. The number of benzene rings is 1. The number of rotatable bonds is 2. The molecular weight excluding hydrogens is 224 g/mol. The Labute approximate surface area is 99.4 Å². The Morgan fingerprint density at radius 3 is 2.69 bits per heavy atom. The van der Waals surface area contributed by atoms with Crippen molar-refractivity contribution in [3.05, 3.63) is 34.5 Å². The smallest absolute Gasteiger partial charge is 0.183 e. The fourth-order valence-corrected chi connectivity index (χ4v) is 1.97. The summed E-state index contributed by atoms with van der Waals surface area (Å²) < 4.78 is 5.23. The van der Waals surface area contributed by atoms with Crippen LogP contribution in [0.1, 0.15) is 11.1 Å². The summed E-state index contributed by atoms with van der Waals surface area (Å²) in [4.78, 5) is 0. The van der Waals surface area contributed by atoms with Gasteiger partial charge < -0.3 is 4.74 Å². The Balaban J connectivity index is 2.58. The predicted octanol–water partition coefficient (Wildman–Crippen LogP) is 3.36. The van der Waals surface area contributed by atoms with E-state index in [0.717, 1.165) is 16.8 Å². The third kappa shape index (κ3) is 1.78. The van der Waals surface area contributed by atoms with Gasteiger partial charge in [0.25, 0.3) is 0 Å². The second-order valence-electron chi connectivity index (χ2n) is 3.74. The Bertz CT molecular complexity index is 520. The van der Waals surface area contributed by atoms with Gasteiger partial charge in [-0.05, 0) is 19.4 Å². The topological polar surface area (TPSA) is 37.9 Å². The lowest BCUT2D eigenvalue weighted by Gasteiger charge is -2.06. The van der Waals surface area contributed by atoms with Gasteiger partial charge in [0.15, 0.2) is 10.9 Å². The second-order valence-corrected chi connectivity index (χ2v) is 4.12. The Kier molecular flexibility index (Phi) is 2.88. The van der Waals surface area contributed by atoms with Crippen LogP contribution in [0, 0.1) is 13.8 Å². The van der Waals surface area contributed by atoms with E-state index in [4.69, 9.17) is 16.3 Å². The molecule has 0 fully saturated rings. The lowest BCUT2D eigenvalue weighted by molar-refractivity contribution is 0.417. The van der Waals surface area contributed by atoms with Crippen LogP contribution in [0.5, 0.6) is 5.75 Å². The molecule has 0 aliphatic rings. The molecule has 1 aromatic heterocycles. The maximum atomic E-state index is 5.94. The number of hydrogen-bond donors (Lipinski definition) is 1. The minimum Gasteiger partial charge on any atom is -0.491 e. The first kappa shape index (κ1) is 11.0. The molecule has 16 heavy (non-hydrogen) atoms. The number of aryl methyl sites for hydroxylation is 2. The maximum Gasteiger partial charge on any atom is 0.183 e. The molecule has 3 nitrogen and oxygen atoms in total. The lowest BCUT2D eigenvalue weighted by Crippen LogP contribution is -1.89. The van der Waals surface area contributed by atoms with Gasteiger partial charge in [0.05, 0.1) is 7.11 Å². The van der Waals surface area contributed by atoms with Crippen LogP contribution in [0.4, 0.5) is 0 Å². The van der Waals surface area contributed by atoms with Crippen molar-refractivity contribution in [2.45, 2.75) is 13.8 Å². The molecule has 2 aromatic rings. The van der Waals surface area contributed by atoms with E-state index in [-0.39, 0.29) is 0 Å². The first-order valence-corrected chi connectivity index (χ1v) is 5.36. The van der Waals surface area contributed by atoms with Crippen LogP contribution in [0.2, 0.25) is 5.15 Å². The summed E-state index contributed by atoms with van der Waals surface area (Å²) in [7, 11) is 1.59. The van der Waals surface area contributed by atoms with Gasteiger partial charge in [0.1, 0.15) is 5.69 Å². The van der Waals surface area contributed by atoms with E-state index < -0.39 is 0 Å². The fourth-order valence-electron chi connectivity index (χ4n) is 1.76. The zero-order valence-electron chi connectivity index (χ0n) is 9.47. The number of nitrogens with one attached hydrogen (secondary N) is 1. The highest BCUT2D eigenvalue weighted by atomic mass is 35.5. The van der Waals surface area contributed by atoms with Gasteiger partial charge in [-0.1, -0.05) is 35.4 Å². The first-order valence-electron chi connectivity index (χ1n) is 4.99. The molecule has 0 spiro atoms. The molecule has 0 aliphatic heterocycles. The highest BCUT2D eigenvalue weighted by Gasteiger charge is 2.15. The molecule has 1 aromatic carbocycles. The first-order chi connectivity index (χ1) is 7.63. The van der Waals surface area contributed by atoms with Gasteiger partial charge in [-0.15, -0.1) is 0 Å². The largest absolute Gasteiger partial charge is 0.491 e. The number of H-pyrrole nitrogens is 1. The number of methoxy groups -OCH3 is 1. The zero-order valence-corrected chi connectivity index (χ0v) is 10.2. The highest BCUT2D eigenvalue weighted by molar-refractivity contribution is 6.31. The number of aromatic amines is 1. The lowest BCUT2D eigenvalue weighted by atomic mass is 10.0. The van der Waals surface area contributed by atoms with Crippen LogP contribution < -0.4 is 4.74 Å². The van der Waals surface area contributed by atoms with E-state index in [9.17, 15) is 0 Å². The normalized spacial score (nSPS) is 10.5. The van der Waals surface area contributed by atoms with Crippen molar-refractivity contribution in [1.29, 1.82) is 0 Å². The van der Waals surface area contributed by atoms with Gasteiger partial charge in [0, 0.05) is 5.56 Å². The standard InChI is InChI=1S/C12H13ClN2O/c1-7-4-5-9(8(2)6-7)10-11(16-3)12(13)15-14-10/h4-6H,1-3H3,(H,14,15). The summed E-state index contributed by atoms with van der Waals surface area (Å²) in [5.74, 6) is 0.591. The summed E-state index contributed by atoms with van der Waals surface area (Å²) in [5, 5.41) is 7.31. The molecule has 84 valence electrons. The number of ether oxygens (including phenoxy) is 1.